The van der Waals surface area contributed by atoms with Gasteiger partial charge in [0, 0.05) is 12.1 Å². The highest BCUT2D eigenvalue weighted by Gasteiger charge is 2.17. The highest BCUT2D eigenvalue weighted by atomic mass is 16.5. The lowest BCUT2D eigenvalue weighted by atomic mass is 9.87. The van der Waals surface area contributed by atoms with Crippen LogP contribution in [0.4, 0.5) is 0 Å². The van der Waals surface area contributed by atoms with Crippen molar-refractivity contribution in [3.8, 4) is 11.5 Å². The summed E-state index contributed by atoms with van der Waals surface area (Å²) in [6.07, 6.45) is 2.26. The molecule has 19 heavy (non-hydrogen) atoms. The molecular weight excluding hydrogens is 238 g/mol. The minimum absolute atomic E-state index is 0.322. The number of methoxy groups -OCH3 is 2. The number of rotatable bonds is 6. The van der Waals surface area contributed by atoms with Crippen LogP contribution < -0.4 is 14.8 Å². The van der Waals surface area contributed by atoms with Crippen LogP contribution in [0.2, 0.25) is 0 Å². The van der Waals surface area contributed by atoms with Crippen molar-refractivity contribution in [3.05, 3.63) is 23.8 Å². The summed E-state index contributed by atoms with van der Waals surface area (Å²) in [5.41, 5.74) is 1.56. The quantitative estimate of drug-likeness (QED) is 0.849. The molecule has 1 aromatic carbocycles. The lowest BCUT2D eigenvalue weighted by molar-refractivity contribution is 0.336. The Hall–Kier alpha value is -1.22. The molecule has 1 atom stereocenters. The number of nitrogens with one attached hydrogen (secondary N) is 1. The van der Waals surface area contributed by atoms with Crippen LogP contribution in [0.25, 0.3) is 0 Å². The molecule has 0 saturated heterocycles. The minimum Gasteiger partial charge on any atom is -0.497 e. The largest absolute Gasteiger partial charge is 0.497 e. The first-order valence-corrected chi connectivity index (χ1v) is 6.80. The third kappa shape index (κ3) is 5.11. The van der Waals surface area contributed by atoms with E-state index in [0.29, 0.717) is 11.5 Å². The fourth-order valence-electron chi connectivity index (χ4n) is 2.09. The van der Waals surface area contributed by atoms with Gasteiger partial charge in [0.25, 0.3) is 0 Å². The van der Waals surface area contributed by atoms with Crippen LogP contribution in [0.5, 0.6) is 11.5 Å². The summed E-state index contributed by atoms with van der Waals surface area (Å²) in [4.78, 5) is 0. The van der Waals surface area contributed by atoms with Crippen LogP contribution >= 0.6 is 0 Å². The Kier molecular flexibility index (Phi) is 5.67. The van der Waals surface area contributed by atoms with Crippen LogP contribution in [0, 0.1) is 5.41 Å². The molecule has 3 heteroatoms. The molecule has 0 saturated carbocycles. The summed E-state index contributed by atoms with van der Waals surface area (Å²) in [5, 5.41) is 3.38. The molecule has 0 radical (unpaired) electrons. The zero-order valence-electron chi connectivity index (χ0n) is 13.0. The normalized spacial score (nSPS) is 13.2. The van der Waals surface area contributed by atoms with Gasteiger partial charge in [0.1, 0.15) is 11.5 Å². The van der Waals surface area contributed by atoms with Gasteiger partial charge < -0.3 is 14.8 Å². The van der Waals surface area contributed by atoms with Crippen molar-refractivity contribution >= 4 is 0 Å². The average Bonchev–Trinajstić information content (AvgIpc) is 2.37. The number of benzene rings is 1. The summed E-state index contributed by atoms with van der Waals surface area (Å²) in [7, 11) is 5.36. The number of hydrogen-bond donors (Lipinski definition) is 1. The van der Waals surface area contributed by atoms with Crippen molar-refractivity contribution in [2.45, 2.75) is 39.7 Å². The number of ether oxygens (including phenoxy) is 2. The van der Waals surface area contributed by atoms with Gasteiger partial charge in [-0.1, -0.05) is 20.8 Å². The van der Waals surface area contributed by atoms with E-state index in [1.54, 1.807) is 14.2 Å². The molecule has 0 fully saturated rings. The Morgan fingerprint density at radius 2 is 1.58 bits per heavy atom. The van der Waals surface area contributed by atoms with Gasteiger partial charge in [-0.15, -0.1) is 0 Å². The van der Waals surface area contributed by atoms with Gasteiger partial charge in [0.05, 0.1) is 14.2 Å². The zero-order chi connectivity index (χ0) is 14.5. The minimum atomic E-state index is 0.322. The molecule has 108 valence electrons. The van der Waals surface area contributed by atoms with E-state index in [1.807, 2.05) is 13.1 Å². The molecule has 1 unspecified atom stereocenters. The fourth-order valence-corrected chi connectivity index (χ4v) is 2.09. The second kappa shape index (κ2) is 6.80. The Morgan fingerprint density at radius 1 is 1.05 bits per heavy atom. The van der Waals surface area contributed by atoms with E-state index in [1.165, 1.54) is 5.56 Å². The van der Waals surface area contributed by atoms with Crippen molar-refractivity contribution in [1.29, 1.82) is 0 Å². The molecule has 0 spiro atoms. The lowest BCUT2D eigenvalue weighted by Gasteiger charge is -2.24. The van der Waals surface area contributed by atoms with Crippen LogP contribution in [-0.2, 0) is 0 Å². The average molecular weight is 265 g/mol. The molecule has 3 nitrogen and oxygen atoms in total. The summed E-state index contributed by atoms with van der Waals surface area (Å²) >= 11 is 0. The molecular formula is C16H27NO2. The van der Waals surface area contributed by atoms with Crippen LogP contribution in [-0.4, -0.2) is 21.3 Å². The third-order valence-electron chi connectivity index (χ3n) is 3.31. The summed E-state index contributed by atoms with van der Waals surface area (Å²) in [6, 6.07) is 6.38. The first-order chi connectivity index (χ1) is 8.89. The SMILES string of the molecule is CNC(CCC(C)(C)C)c1cc(OC)cc(OC)c1. The van der Waals surface area contributed by atoms with E-state index >= 15 is 0 Å². The zero-order valence-corrected chi connectivity index (χ0v) is 13.0. The maximum atomic E-state index is 5.33. The second-order valence-electron chi connectivity index (χ2n) is 6.09. The summed E-state index contributed by atoms with van der Waals surface area (Å²) in [6.45, 7) is 6.81. The van der Waals surface area contributed by atoms with Gasteiger partial charge in [0.2, 0.25) is 0 Å². The van der Waals surface area contributed by atoms with E-state index in [2.05, 4.69) is 38.2 Å². The Bertz CT molecular complexity index is 374. The molecule has 0 aliphatic rings. The Labute approximate surface area is 117 Å². The van der Waals surface area contributed by atoms with Gasteiger partial charge >= 0.3 is 0 Å². The highest BCUT2D eigenvalue weighted by Crippen LogP contribution is 2.31. The van der Waals surface area contributed by atoms with E-state index in [9.17, 15) is 0 Å². The number of hydrogen-bond acceptors (Lipinski definition) is 3. The van der Waals surface area contributed by atoms with E-state index in [4.69, 9.17) is 9.47 Å². The van der Waals surface area contributed by atoms with Crippen LogP contribution in [0.3, 0.4) is 0 Å². The van der Waals surface area contributed by atoms with Crippen LogP contribution in [0.15, 0.2) is 18.2 Å². The Morgan fingerprint density at radius 3 is 1.95 bits per heavy atom. The molecule has 1 N–H and O–H groups in total. The molecule has 0 bridgehead atoms. The van der Waals surface area contributed by atoms with Gasteiger partial charge in [-0.3, -0.25) is 0 Å². The van der Waals surface area contributed by atoms with Crippen molar-refractivity contribution in [2.75, 3.05) is 21.3 Å². The first-order valence-electron chi connectivity index (χ1n) is 6.80. The van der Waals surface area contributed by atoms with Gasteiger partial charge in [-0.05, 0) is 43.0 Å². The lowest BCUT2D eigenvalue weighted by Crippen LogP contribution is -2.19. The molecule has 0 aliphatic carbocycles. The maximum Gasteiger partial charge on any atom is 0.122 e. The Balaban J connectivity index is 2.90. The van der Waals surface area contributed by atoms with E-state index in [0.717, 1.165) is 24.3 Å². The molecule has 0 aliphatic heterocycles. The molecule has 1 aromatic rings. The van der Waals surface area contributed by atoms with Gasteiger partial charge in [-0.2, -0.15) is 0 Å². The fraction of sp³-hybridized carbons (Fsp3) is 0.625. The molecule has 0 aromatic heterocycles. The monoisotopic (exact) mass is 265 g/mol. The topological polar surface area (TPSA) is 30.5 Å². The van der Waals surface area contributed by atoms with Crippen molar-refractivity contribution in [1.82, 2.24) is 5.32 Å². The highest BCUT2D eigenvalue weighted by molar-refractivity contribution is 5.39. The van der Waals surface area contributed by atoms with Gasteiger partial charge in [-0.25, -0.2) is 0 Å². The first kappa shape index (κ1) is 15.8. The maximum absolute atomic E-state index is 5.33. The van der Waals surface area contributed by atoms with E-state index in [-0.39, 0.29) is 0 Å². The summed E-state index contributed by atoms with van der Waals surface area (Å²) < 4.78 is 10.7. The van der Waals surface area contributed by atoms with E-state index < -0.39 is 0 Å². The van der Waals surface area contributed by atoms with Crippen LogP contribution in [0.1, 0.15) is 45.2 Å². The van der Waals surface area contributed by atoms with Crippen molar-refractivity contribution in [3.63, 3.8) is 0 Å². The summed E-state index contributed by atoms with van der Waals surface area (Å²) in [5.74, 6) is 1.68. The molecule has 1 rings (SSSR count). The molecule has 0 heterocycles. The smallest absolute Gasteiger partial charge is 0.122 e. The van der Waals surface area contributed by atoms with Gasteiger partial charge in [0.15, 0.2) is 0 Å². The standard InChI is InChI=1S/C16H27NO2/c1-16(2,3)8-7-15(17-4)12-9-13(18-5)11-14(10-12)19-6/h9-11,15,17H,7-8H2,1-6H3. The predicted molar refractivity (Wildman–Crippen MR) is 80.0 cm³/mol. The molecule has 0 amide bonds. The van der Waals surface area contributed by atoms with Crippen molar-refractivity contribution in [2.24, 2.45) is 5.41 Å². The van der Waals surface area contributed by atoms with Crippen molar-refractivity contribution < 1.29 is 9.47 Å². The predicted octanol–water partition coefficient (Wildman–Crippen LogP) is 3.79. The second-order valence-corrected chi connectivity index (χ2v) is 6.09. The third-order valence-corrected chi connectivity index (χ3v) is 3.31.